The fourth-order valence-corrected chi connectivity index (χ4v) is 1.84. The van der Waals surface area contributed by atoms with E-state index in [0.717, 1.165) is 0 Å². The molecule has 0 bridgehead atoms. The molecule has 2 N–H and O–H groups in total. The van der Waals surface area contributed by atoms with Gasteiger partial charge in [0.1, 0.15) is 5.69 Å². The normalized spacial score (nSPS) is 10.6. The first kappa shape index (κ1) is 15.5. The van der Waals surface area contributed by atoms with Crippen LogP contribution in [0.2, 0.25) is 5.02 Å². The van der Waals surface area contributed by atoms with E-state index >= 15 is 0 Å². The summed E-state index contributed by atoms with van der Waals surface area (Å²) in [5, 5.41) is 9.70. The van der Waals surface area contributed by atoms with Crippen LogP contribution in [0.5, 0.6) is 0 Å². The highest BCUT2D eigenvalue weighted by molar-refractivity contribution is 6.34. The topological polar surface area (TPSA) is 76.0 Å². The average molecular weight is 287 g/mol. The van der Waals surface area contributed by atoms with Crippen molar-refractivity contribution in [1.29, 1.82) is 0 Å². The third kappa shape index (κ3) is 3.96. The number of rotatable bonds is 5. The number of carbonyl (C=O) groups excluding carboxylic acids is 2. The minimum atomic E-state index is -0.397. The maximum absolute atomic E-state index is 12.0. The van der Waals surface area contributed by atoms with Gasteiger partial charge in [0, 0.05) is 12.6 Å². The molecular weight excluding hydrogens is 268 g/mol. The molecule has 0 saturated carbocycles. The van der Waals surface area contributed by atoms with E-state index in [-0.39, 0.29) is 18.5 Å². The number of hydrogen-bond donors (Lipinski definition) is 2. The lowest BCUT2D eigenvalue weighted by Gasteiger charge is -2.10. The zero-order chi connectivity index (χ0) is 14.6. The van der Waals surface area contributed by atoms with Crippen molar-refractivity contribution in [1.82, 2.24) is 20.4 Å². The number of aryl methyl sites for hydroxylation is 2. The number of carbonyl (C=O) groups is 2. The summed E-state index contributed by atoms with van der Waals surface area (Å²) in [7, 11) is 0. The number of nitrogens with zero attached hydrogens (tertiary/aromatic N) is 2. The van der Waals surface area contributed by atoms with Crippen LogP contribution in [0.4, 0.5) is 0 Å². The van der Waals surface area contributed by atoms with E-state index in [0.29, 0.717) is 23.0 Å². The van der Waals surface area contributed by atoms with E-state index in [2.05, 4.69) is 15.7 Å². The van der Waals surface area contributed by atoms with Crippen molar-refractivity contribution in [3.8, 4) is 0 Å². The summed E-state index contributed by atoms with van der Waals surface area (Å²) in [6.07, 6.45) is 0. The fourth-order valence-electron chi connectivity index (χ4n) is 1.62. The summed E-state index contributed by atoms with van der Waals surface area (Å²) >= 11 is 6.04. The molecule has 0 radical (unpaired) electrons. The summed E-state index contributed by atoms with van der Waals surface area (Å²) < 4.78 is 1.52. The number of hydrogen-bond acceptors (Lipinski definition) is 3. The molecule has 0 saturated heterocycles. The molecule has 1 aromatic heterocycles. The molecular formula is C12H19ClN4O2. The maximum atomic E-state index is 12.0. The fraction of sp³-hybridized carbons (Fsp3) is 0.583. The molecule has 0 aliphatic carbocycles. The van der Waals surface area contributed by atoms with Crippen molar-refractivity contribution in [3.63, 3.8) is 0 Å². The monoisotopic (exact) mass is 286 g/mol. The molecule has 0 aromatic carbocycles. The standard InChI is InChI=1S/C12H19ClN4O2/c1-5-17-11(10(13)8(4)16-17)12(19)14-6-9(18)15-7(2)3/h7H,5-6H2,1-4H3,(H,14,19)(H,15,18). The van der Waals surface area contributed by atoms with Gasteiger partial charge in [0.25, 0.3) is 5.91 Å². The van der Waals surface area contributed by atoms with Gasteiger partial charge in [-0.05, 0) is 27.7 Å². The SMILES string of the molecule is CCn1nc(C)c(Cl)c1C(=O)NCC(=O)NC(C)C. The van der Waals surface area contributed by atoms with Crippen molar-refractivity contribution < 1.29 is 9.59 Å². The van der Waals surface area contributed by atoms with E-state index in [4.69, 9.17) is 11.6 Å². The molecule has 0 aliphatic heterocycles. The Morgan fingerprint density at radius 1 is 1.42 bits per heavy atom. The summed E-state index contributed by atoms with van der Waals surface area (Å²) in [6.45, 7) is 7.76. The first-order chi connectivity index (χ1) is 8.86. The molecule has 0 atom stereocenters. The molecule has 2 amide bonds. The Bertz CT molecular complexity index is 482. The first-order valence-electron chi connectivity index (χ1n) is 6.17. The van der Waals surface area contributed by atoms with Gasteiger partial charge in [-0.2, -0.15) is 5.10 Å². The van der Waals surface area contributed by atoms with Crippen LogP contribution in [0, 0.1) is 6.92 Å². The minimum Gasteiger partial charge on any atom is -0.352 e. The average Bonchev–Trinajstić information content (AvgIpc) is 2.61. The number of halogens is 1. The number of aromatic nitrogens is 2. The van der Waals surface area contributed by atoms with E-state index in [1.807, 2.05) is 20.8 Å². The molecule has 6 nitrogen and oxygen atoms in total. The maximum Gasteiger partial charge on any atom is 0.271 e. The van der Waals surface area contributed by atoms with Crippen LogP contribution >= 0.6 is 11.6 Å². The number of nitrogens with one attached hydrogen (secondary N) is 2. The Hall–Kier alpha value is -1.56. The zero-order valence-electron chi connectivity index (χ0n) is 11.6. The van der Waals surface area contributed by atoms with Crippen molar-refractivity contribution in [2.24, 2.45) is 0 Å². The lowest BCUT2D eigenvalue weighted by atomic mass is 10.3. The van der Waals surface area contributed by atoms with Crippen LogP contribution in [0.1, 0.15) is 37.0 Å². The van der Waals surface area contributed by atoms with Crippen LogP contribution in [-0.2, 0) is 11.3 Å². The van der Waals surface area contributed by atoms with Crippen LogP contribution < -0.4 is 10.6 Å². The molecule has 0 aliphatic rings. The third-order valence-electron chi connectivity index (χ3n) is 2.43. The predicted octanol–water partition coefficient (Wildman–Crippen LogP) is 1.12. The van der Waals surface area contributed by atoms with Crippen molar-refractivity contribution in [3.05, 3.63) is 16.4 Å². The molecule has 1 rings (SSSR count). The lowest BCUT2D eigenvalue weighted by Crippen LogP contribution is -2.40. The summed E-state index contributed by atoms with van der Waals surface area (Å²) in [6, 6.07) is 0.0383. The summed E-state index contributed by atoms with van der Waals surface area (Å²) in [5.74, 6) is -0.634. The van der Waals surface area contributed by atoms with E-state index in [1.54, 1.807) is 6.92 Å². The number of amides is 2. The Labute approximate surface area is 117 Å². The van der Waals surface area contributed by atoms with Gasteiger partial charge in [-0.25, -0.2) is 0 Å². The van der Waals surface area contributed by atoms with Crippen LogP contribution in [0.15, 0.2) is 0 Å². The Morgan fingerprint density at radius 2 is 2.05 bits per heavy atom. The Balaban J connectivity index is 2.71. The van der Waals surface area contributed by atoms with Gasteiger partial charge in [-0.15, -0.1) is 0 Å². The van der Waals surface area contributed by atoms with Crippen LogP contribution in [-0.4, -0.2) is 34.2 Å². The van der Waals surface area contributed by atoms with Crippen molar-refractivity contribution in [2.75, 3.05) is 6.54 Å². The molecule has 106 valence electrons. The van der Waals surface area contributed by atoms with E-state index in [1.165, 1.54) is 4.68 Å². The third-order valence-corrected chi connectivity index (χ3v) is 2.88. The second-order valence-corrected chi connectivity index (χ2v) is 4.85. The second-order valence-electron chi connectivity index (χ2n) is 4.47. The largest absolute Gasteiger partial charge is 0.352 e. The van der Waals surface area contributed by atoms with Gasteiger partial charge < -0.3 is 10.6 Å². The Kier molecular flexibility index (Phi) is 5.35. The van der Waals surface area contributed by atoms with Gasteiger partial charge in [0.2, 0.25) is 5.91 Å². The Morgan fingerprint density at radius 3 is 2.58 bits per heavy atom. The van der Waals surface area contributed by atoms with Crippen molar-refractivity contribution >= 4 is 23.4 Å². The van der Waals surface area contributed by atoms with Gasteiger partial charge in [0.15, 0.2) is 0 Å². The quantitative estimate of drug-likeness (QED) is 0.852. The summed E-state index contributed by atoms with van der Waals surface area (Å²) in [5.41, 5.74) is 0.888. The highest BCUT2D eigenvalue weighted by atomic mass is 35.5. The minimum absolute atomic E-state index is 0.0383. The van der Waals surface area contributed by atoms with Gasteiger partial charge in [0.05, 0.1) is 17.3 Å². The zero-order valence-corrected chi connectivity index (χ0v) is 12.3. The smallest absolute Gasteiger partial charge is 0.271 e. The molecule has 7 heteroatoms. The highest BCUT2D eigenvalue weighted by Gasteiger charge is 2.20. The summed E-state index contributed by atoms with van der Waals surface area (Å²) in [4.78, 5) is 23.5. The molecule has 0 fully saturated rings. The van der Waals surface area contributed by atoms with E-state index in [9.17, 15) is 9.59 Å². The van der Waals surface area contributed by atoms with Gasteiger partial charge in [-0.3, -0.25) is 14.3 Å². The molecule has 0 spiro atoms. The molecule has 1 aromatic rings. The lowest BCUT2D eigenvalue weighted by molar-refractivity contribution is -0.120. The molecule has 0 unspecified atom stereocenters. The first-order valence-corrected chi connectivity index (χ1v) is 6.55. The van der Waals surface area contributed by atoms with Crippen LogP contribution in [0.25, 0.3) is 0 Å². The second kappa shape index (κ2) is 6.56. The van der Waals surface area contributed by atoms with Gasteiger partial charge >= 0.3 is 0 Å². The molecule has 19 heavy (non-hydrogen) atoms. The highest BCUT2D eigenvalue weighted by Crippen LogP contribution is 2.19. The molecule has 1 heterocycles. The van der Waals surface area contributed by atoms with E-state index < -0.39 is 5.91 Å². The van der Waals surface area contributed by atoms with Crippen LogP contribution in [0.3, 0.4) is 0 Å². The van der Waals surface area contributed by atoms with Crippen molar-refractivity contribution in [2.45, 2.75) is 40.3 Å². The van der Waals surface area contributed by atoms with Gasteiger partial charge in [-0.1, -0.05) is 11.6 Å². The predicted molar refractivity (Wildman–Crippen MR) is 73.3 cm³/mol.